The maximum Gasteiger partial charge on any atom is 0.410 e. The standard InChI is InChI=1S/C33H41N5O8S/c1-21-13-22(2)31(23(3)14-21)47(43,44)37-28(32(40)41)17-35-30(39)20-45-27-15-26(16-34-29-12-8-9-24(4)36-29)38(18-27)33(42)46-19-25-10-6-5-7-11-25/h5-14,26-28,37H,15-20H2,1-4H3,(H,34,36)(H,35,39)(H,40,41)/t26-,27+,28-/m0/s1. The predicted molar refractivity (Wildman–Crippen MR) is 174 cm³/mol. The summed E-state index contributed by atoms with van der Waals surface area (Å²) in [6, 6.07) is 16.3. The number of benzene rings is 2. The van der Waals surface area contributed by atoms with Crippen molar-refractivity contribution in [2.24, 2.45) is 0 Å². The minimum Gasteiger partial charge on any atom is -0.480 e. The highest BCUT2D eigenvalue weighted by Gasteiger charge is 2.37. The van der Waals surface area contributed by atoms with Crippen LogP contribution in [-0.2, 0) is 35.7 Å². The Morgan fingerprint density at radius 3 is 2.38 bits per heavy atom. The zero-order valence-electron chi connectivity index (χ0n) is 26.9. The van der Waals surface area contributed by atoms with E-state index in [9.17, 15) is 27.9 Å². The van der Waals surface area contributed by atoms with Gasteiger partial charge >= 0.3 is 12.1 Å². The Hall–Kier alpha value is -4.53. The number of pyridine rings is 1. The van der Waals surface area contributed by atoms with E-state index in [4.69, 9.17) is 9.47 Å². The fourth-order valence-electron chi connectivity index (χ4n) is 5.55. The average Bonchev–Trinajstić information content (AvgIpc) is 3.43. The Bertz CT molecular complexity index is 1660. The van der Waals surface area contributed by atoms with Crippen molar-refractivity contribution in [2.75, 3.05) is 31.6 Å². The molecule has 0 bridgehead atoms. The second-order valence-corrected chi connectivity index (χ2v) is 13.3. The number of aliphatic carboxylic acids is 1. The zero-order valence-corrected chi connectivity index (χ0v) is 27.7. The first-order chi connectivity index (χ1) is 22.3. The molecule has 1 saturated heterocycles. The summed E-state index contributed by atoms with van der Waals surface area (Å²) in [5.41, 5.74) is 3.52. The molecule has 1 aliphatic heterocycles. The number of hydrogen-bond acceptors (Lipinski definition) is 9. The van der Waals surface area contributed by atoms with Gasteiger partial charge in [-0.05, 0) is 62.9 Å². The fourth-order valence-corrected chi connectivity index (χ4v) is 7.20. The lowest BCUT2D eigenvalue weighted by molar-refractivity contribution is -0.139. The molecule has 0 spiro atoms. The third-order valence-corrected chi connectivity index (χ3v) is 9.42. The molecule has 2 aromatic carbocycles. The van der Waals surface area contributed by atoms with Crippen LogP contribution in [0.2, 0.25) is 0 Å². The maximum atomic E-state index is 13.1. The lowest BCUT2D eigenvalue weighted by Gasteiger charge is -2.24. The molecule has 1 fully saturated rings. The van der Waals surface area contributed by atoms with Gasteiger partial charge in [0.25, 0.3) is 0 Å². The van der Waals surface area contributed by atoms with Gasteiger partial charge in [0.1, 0.15) is 25.1 Å². The number of amides is 2. The van der Waals surface area contributed by atoms with Crippen LogP contribution in [0.15, 0.2) is 65.6 Å². The van der Waals surface area contributed by atoms with Crippen LogP contribution in [0.25, 0.3) is 0 Å². The quantitative estimate of drug-likeness (QED) is 0.200. The van der Waals surface area contributed by atoms with E-state index < -0.39 is 53.3 Å². The zero-order chi connectivity index (χ0) is 34.1. The summed E-state index contributed by atoms with van der Waals surface area (Å²) in [6.07, 6.45) is -0.633. The van der Waals surface area contributed by atoms with Gasteiger partial charge in [-0.25, -0.2) is 18.2 Å². The summed E-state index contributed by atoms with van der Waals surface area (Å²) < 4.78 is 39.7. The van der Waals surface area contributed by atoms with Gasteiger partial charge < -0.3 is 30.1 Å². The number of anilines is 1. The second kappa shape index (κ2) is 15.8. The number of aryl methyl sites for hydroxylation is 4. The molecule has 1 aromatic heterocycles. The minimum atomic E-state index is -4.20. The van der Waals surface area contributed by atoms with Gasteiger partial charge in [0.05, 0.1) is 23.6 Å². The van der Waals surface area contributed by atoms with Crippen LogP contribution in [0.3, 0.4) is 0 Å². The number of nitrogens with one attached hydrogen (secondary N) is 3. The van der Waals surface area contributed by atoms with Crippen molar-refractivity contribution in [1.82, 2.24) is 19.9 Å². The summed E-state index contributed by atoms with van der Waals surface area (Å²) in [6.45, 7) is 6.69. The molecule has 14 heteroatoms. The first-order valence-corrected chi connectivity index (χ1v) is 16.7. The summed E-state index contributed by atoms with van der Waals surface area (Å²) >= 11 is 0. The summed E-state index contributed by atoms with van der Waals surface area (Å²) in [4.78, 5) is 43.7. The van der Waals surface area contributed by atoms with E-state index in [1.165, 1.54) is 0 Å². The number of carboxylic acids is 1. The van der Waals surface area contributed by atoms with Gasteiger partial charge in [-0.2, -0.15) is 4.72 Å². The maximum absolute atomic E-state index is 13.1. The lowest BCUT2D eigenvalue weighted by atomic mass is 10.1. The van der Waals surface area contributed by atoms with Crippen LogP contribution < -0.4 is 15.4 Å². The smallest absolute Gasteiger partial charge is 0.410 e. The molecule has 0 radical (unpaired) electrons. The number of nitrogens with zero attached hydrogens (tertiary/aromatic N) is 2. The van der Waals surface area contributed by atoms with Gasteiger partial charge in [0.15, 0.2) is 0 Å². The highest BCUT2D eigenvalue weighted by molar-refractivity contribution is 7.89. The third kappa shape index (κ3) is 9.98. The number of carbonyl (C=O) groups excluding carboxylic acids is 2. The first-order valence-electron chi connectivity index (χ1n) is 15.2. The van der Waals surface area contributed by atoms with Crippen LogP contribution >= 0.6 is 0 Å². The lowest BCUT2D eigenvalue weighted by Crippen LogP contribution is -2.49. The molecule has 3 atom stereocenters. The molecule has 4 rings (SSSR count). The minimum absolute atomic E-state index is 0.000633. The van der Waals surface area contributed by atoms with Crippen molar-refractivity contribution < 1.29 is 37.4 Å². The van der Waals surface area contributed by atoms with Crippen molar-refractivity contribution in [1.29, 1.82) is 0 Å². The number of aromatic nitrogens is 1. The molecule has 252 valence electrons. The Labute approximate surface area is 274 Å². The highest BCUT2D eigenvalue weighted by Crippen LogP contribution is 2.24. The molecule has 2 amide bonds. The number of hydrogen-bond donors (Lipinski definition) is 4. The Morgan fingerprint density at radius 2 is 1.72 bits per heavy atom. The number of likely N-dealkylation sites (tertiary alicyclic amines) is 1. The second-order valence-electron chi connectivity index (χ2n) is 11.6. The summed E-state index contributed by atoms with van der Waals surface area (Å²) in [7, 11) is -4.20. The van der Waals surface area contributed by atoms with Crippen LogP contribution in [0.4, 0.5) is 10.6 Å². The molecule has 3 aromatic rings. The average molecular weight is 668 g/mol. The largest absolute Gasteiger partial charge is 0.480 e. The van der Waals surface area contributed by atoms with Gasteiger partial charge in [-0.3, -0.25) is 9.59 Å². The van der Waals surface area contributed by atoms with Gasteiger partial charge in [0.2, 0.25) is 15.9 Å². The van der Waals surface area contributed by atoms with Crippen LogP contribution in [-0.4, -0.2) is 85.8 Å². The molecule has 47 heavy (non-hydrogen) atoms. The number of sulfonamides is 1. The fraction of sp³-hybridized carbons (Fsp3) is 0.394. The topological polar surface area (TPSA) is 176 Å². The van der Waals surface area contributed by atoms with E-state index in [1.807, 2.05) is 62.4 Å². The Balaban J connectivity index is 1.33. The first kappa shape index (κ1) is 35.3. The monoisotopic (exact) mass is 667 g/mol. The van der Waals surface area contributed by atoms with Crippen molar-refractivity contribution >= 4 is 33.8 Å². The van der Waals surface area contributed by atoms with Crippen molar-refractivity contribution in [3.63, 3.8) is 0 Å². The van der Waals surface area contributed by atoms with Crippen molar-refractivity contribution in [3.8, 4) is 0 Å². The summed E-state index contributed by atoms with van der Waals surface area (Å²) in [5.74, 6) is -1.43. The van der Waals surface area contributed by atoms with Crippen molar-refractivity contribution in [3.05, 3.63) is 88.6 Å². The number of ether oxygens (including phenoxy) is 2. The predicted octanol–water partition coefficient (Wildman–Crippen LogP) is 3.07. The molecule has 4 N–H and O–H groups in total. The molecule has 1 aliphatic rings. The molecule has 13 nitrogen and oxygen atoms in total. The normalized spacial score (nSPS) is 16.8. The van der Waals surface area contributed by atoms with Gasteiger partial charge in [-0.15, -0.1) is 0 Å². The van der Waals surface area contributed by atoms with E-state index >= 15 is 0 Å². The molecule has 0 saturated carbocycles. The Kier molecular flexibility index (Phi) is 11.9. The molecule has 0 aliphatic carbocycles. The molecule has 2 heterocycles. The van der Waals surface area contributed by atoms with Crippen molar-refractivity contribution in [2.45, 2.75) is 63.8 Å². The number of rotatable bonds is 14. The van der Waals surface area contributed by atoms with E-state index in [0.717, 1.165) is 16.8 Å². The van der Waals surface area contributed by atoms with E-state index in [2.05, 4.69) is 20.3 Å². The van der Waals surface area contributed by atoms with Crippen LogP contribution in [0.5, 0.6) is 0 Å². The van der Waals surface area contributed by atoms with E-state index in [0.29, 0.717) is 29.9 Å². The van der Waals surface area contributed by atoms with Crippen LogP contribution in [0, 0.1) is 27.7 Å². The molecular formula is C33H41N5O8S. The number of carboxylic acid groups (broad SMARTS) is 1. The van der Waals surface area contributed by atoms with Crippen LogP contribution in [0.1, 0.15) is 34.4 Å². The van der Waals surface area contributed by atoms with Gasteiger partial charge in [-0.1, -0.05) is 54.1 Å². The van der Waals surface area contributed by atoms with Gasteiger partial charge in [0, 0.05) is 18.8 Å². The molecule has 0 unspecified atom stereocenters. The van der Waals surface area contributed by atoms with E-state index in [1.54, 1.807) is 30.9 Å². The third-order valence-electron chi connectivity index (χ3n) is 7.65. The SMILES string of the molecule is Cc1cc(C)c(S(=O)(=O)N[C@@H](CNC(=O)CO[C@@H]2C[C@@H](CNc3cccc(C)n3)N(C(=O)OCc3ccccc3)C2)C(=O)O)c(C)c1. The highest BCUT2D eigenvalue weighted by atomic mass is 32.2. The Morgan fingerprint density at radius 1 is 1.02 bits per heavy atom. The summed E-state index contributed by atoms with van der Waals surface area (Å²) in [5, 5.41) is 15.4. The molecular weight excluding hydrogens is 626 g/mol. The number of carbonyl (C=O) groups is 3. The van der Waals surface area contributed by atoms with E-state index in [-0.39, 0.29) is 24.1 Å².